The fourth-order valence-corrected chi connectivity index (χ4v) is 2.34. The first-order valence-corrected chi connectivity index (χ1v) is 7.70. The number of carbonyl (C=O) groups excluding carboxylic acids is 1. The molecule has 0 fully saturated rings. The molecule has 2 aromatic rings. The second-order valence-electron chi connectivity index (χ2n) is 5.10. The van der Waals surface area contributed by atoms with Crippen LogP contribution in [0, 0.1) is 0 Å². The average molecular weight is 386 g/mol. The maximum absolute atomic E-state index is 13.0. The van der Waals surface area contributed by atoms with E-state index in [1.54, 1.807) is 6.07 Å². The molecule has 26 heavy (non-hydrogen) atoms. The van der Waals surface area contributed by atoms with E-state index in [-0.39, 0.29) is 10.7 Å². The maximum Gasteiger partial charge on any atom is 0.418 e. The minimum atomic E-state index is -4.57. The van der Waals surface area contributed by atoms with Gasteiger partial charge in [-0.15, -0.1) is 0 Å². The van der Waals surface area contributed by atoms with Gasteiger partial charge in [-0.05, 0) is 36.4 Å². The van der Waals surface area contributed by atoms with E-state index in [9.17, 15) is 18.0 Å². The fourth-order valence-electron chi connectivity index (χ4n) is 2.17. The van der Waals surface area contributed by atoms with Crippen LogP contribution in [0.15, 0.2) is 48.7 Å². The first-order valence-electron chi connectivity index (χ1n) is 7.32. The highest BCUT2D eigenvalue weighted by molar-refractivity contribution is 6.30. The summed E-state index contributed by atoms with van der Waals surface area (Å²) in [6.45, 7) is 0. The van der Waals surface area contributed by atoms with Gasteiger partial charge in [-0.2, -0.15) is 13.2 Å². The van der Waals surface area contributed by atoms with Gasteiger partial charge in [-0.25, -0.2) is 0 Å². The van der Waals surface area contributed by atoms with E-state index >= 15 is 0 Å². The average Bonchev–Trinajstić information content (AvgIpc) is 2.61. The molecule has 1 N–H and O–H groups in total. The molecule has 0 spiro atoms. The molecule has 0 aliphatic carbocycles. The van der Waals surface area contributed by atoms with Crippen molar-refractivity contribution in [1.82, 2.24) is 0 Å². The quantitative estimate of drug-likeness (QED) is 0.549. The van der Waals surface area contributed by atoms with E-state index in [0.29, 0.717) is 17.1 Å². The zero-order valence-corrected chi connectivity index (χ0v) is 14.6. The number of hydrogen-bond acceptors (Lipinski definition) is 4. The standard InChI is InChI=1S/C18H15ClF3NO3/c1-25-16-6-3-11(9-17(16)26-2)15(24)7-8-23-14-5-4-12(19)10-13(14)18(20,21)22/h3-10,23H,1-2H3. The minimum Gasteiger partial charge on any atom is -0.493 e. The van der Waals surface area contributed by atoms with Crippen molar-refractivity contribution in [2.45, 2.75) is 6.18 Å². The number of anilines is 1. The van der Waals surface area contributed by atoms with Crippen molar-refractivity contribution < 1.29 is 27.4 Å². The number of ketones is 1. The van der Waals surface area contributed by atoms with Crippen molar-refractivity contribution in [3.8, 4) is 11.5 Å². The van der Waals surface area contributed by atoms with E-state index in [0.717, 1.165) is 18.3 Å². The van der Waals surface area contributed by atoms with Crippen LogP contribution in [0.5, 0.6) is 11.5 Å². The number of nitrogens with one attached hydrogen (secondary N) is 1. The third-order valence-corrected chi connectivity index (χ3v) is 3.66. The zero-order chi connectivity index (χ0) is 19.3. The SMILES string of the molecule is COc1ccc(C(=O)C=CNc2ccc(Cl)cc2C(F)(F)F)cc1OC. The Bertz CT molecular complexity index is 835. The number of hydrogen-bond donors (Lipinski definition) is 1. The molecule has 0 saturated heterocycles. The van der Waals surface area contributed by atoms with Gasteiger partial charge in [-0.1, -0.05) is 11.6 Å². The number of allylic oxidation sites excluding steroid dienone is 1. The van der Waals surface area contributed by atoms with Gasteiger partial charge in [0.15, 0.2) is 17.3 Å². The lowest BCUT2D eigenvalue weighted by molar-refractivity contribution is -0.136. The lowest BCUT2D eigenvalue weighted by atomic mass is 10.1. The van der Waals surface area contributed by atoms with Crippen molar-refractivity contribution in [2.75, 3.05) is 19.5 Å². The lowest BCUT2D eigenvalue weighted by Crippen LogP contribution is -2.08. The molecule has 0 bridgehead atoms. The summed E-state index contributed by atoms with van der Waals surface area (Å²) in [5, 5.41) is 2.43. The van der Waals surface area contributed by atoms with Crippen LogP contribution >= 0.6 is 11.6 Å². The Morgan fingerprint density at radius 2 is 1.77 bits per heavy atom. The molecule has 0 aliphatic heterocycles. The molecule has 2 rings (SSSR count). The molecule has 0 saturated carbocycles. The molecule has 0 amide bonds. The topological polar surface area (TPSA) is 47.6 Å². The monoisotopic (exact) mass is 385 g/mol. The van der Waals surface area contributed by atoms with Gasteiger partial charge in [0.2, 0.25) is 0 Å². The van der Waals surface area contributed by atoms with Crippen molar-refractivity contribution in [3.63, 3.8) is 0 Å². The molecule has 0 aliphatic rings. The highest BCUT2D eigenvalue weighted by atomic mass is 35.5. The molecule has 0 radical (unpaired) electrons. The van der Waals surface area contributed by atoms with E-state index in [4.69, 9.17) is 21.1 Å². The van der Waals surface area contributed by atoms with Crippen molar-refractivity contribution >= 4 is 23.1 Å². The number of ether oxygens (including phenoxy) is 2. The van der Waals surface area contributed by atoms with Gasteiger partial charge in [0.05, 0.1) is 25.5 Å². The van der Waals surface area contributed by atoms with Crippen LogP contribution in [0.3, 0.4) is 0 Å². The summed E-state index contributed by atoms with van der Waals surface area (Å²) in [5.74, 6) is 0.417. The summed E-state index contributed by atoms with van der Waals surface area (Å²) >= 11 is 5.62. The maximum atomic E-state index is 13.0. The molecule has 138 valence electrons. The number of halogens is 4. The highest BCUT2D eigenvalue weighted by Gasteiger charge is 2.33. The summed E-state index contributed by atoms with van der Waals surface area (Å²) in [6.07, 6.45) is -2.32. The predicted octanol–water partition coefficient (Wildman–Crippen LogP) is 5.18. The van der Waals surface area contributed by atoms with Crippen molar-refractivity contribution in [2.24, 2.45) is 0 Å². The van der Waals surface area contributed by atoms with Crippen LogP contribution in [0.25, 0.3) is 0 Å². The molecular formula is C18H15ClF3NO3. The molecule has 4 nitrogen and oxygen atoms in total. The van der Waals surface area contributed by atoms with Crippen LogP contribution < -0.4 is 14.8 Å². The van der Waals surface area contributed by atoms with Crippen LogP contribution in [0.4, 0.5) is 18.9 Å². The lowest BCUT2D eigenvalue weighted by Gasteiger charge is -2.12. The van der Waals surface area contributed by atoms with Crippen LogP contribution in [-0.4, -0.2) is 20.0 Å². The Kier molecular flexibility index (Phi) is 6.15. The Hall–Kier alpha value is -2.67. The van der Waals surface area contributed by atoms with Crippen LogP contribution in [0.1, 0.15) is 15.9 Å². The second-order valence-corrected chi connectivity index (χ2v) is 5.54. The number of methoxy groups -OCH3 is 2. The van der Waals surface area contributed by atoms with Crippen LogP contribution in [-0.2, 0) is 6.18 Å². The van der Waals surface area contributed by atoms with Gasteiger partial charge in [0.1, 0.15) is 0 Å². The molecule has 8 heteroatoms. The minimum absolute atomic E-state index is 0.0340. The normalized spacial score (nSPS) is 11.5. The summed E-state index contributed by atoms with van der Waals surface area (Å²) in [5.41, 5.74) is -0.834. The molecule has 0 heterocycles. The van der Waals surface area contributed by atoms with Crippen LogP contribution in [0.2, 0.25) is 5.02 Å². The van der Waals surface area contributed by atoms with Gasteiger partial charge in [0.25, 0.3) is 0 Å². The van der Waals surface area contributed by atoms with Gasteiger partial charge in [-0.3, -0.25) is 4.79 Å². The third kappa shape index (κ3) is 4.70. The summed E-state index contributed by atoms with van der Waals surface area (Å²) < 4.78 is 49.2. The molecular weight excluding hydrogens is 371 g/mol. The van der Waals surface area contributed by atoms with E-state index < -0.39 is 17.5 Å². The smallest absolute Gasteiger partial charge is 0.418 e. The first-order chi connectivity index (χ1) is 12.3. The number of carbonyl (C=O) groups is 1. The third-order valence-electron chi connectivity index (χ3n) is 3.43. The predicted molar refractivity (Wildman–Crippen MR) is 93.1 cm³/mol. The zero-order valence-electron chi connectivity index (χ0n) is 13.9. The molecule has 2 aromatic carbocycles. The van der Waals surface area contributed by atoms with Gasteiger partial charge >= 0.3 is 6.18 Å². The number of rotatable bonds is 6. The Morgan fingerprint density at radius 1 is 1.08 bits per heavy atom. The molecule has 0 atom stereocenters. The summed E-state index contributed by atoms with van der Waals surface area (Å²) in [6, 6.07) is 7.90. The number of alkyl halides is 3. The van der Waals surface area contributed by atoms with Gasteiger partial charge in [0, 0.05) is 22.9 Å². The van der Waals surface area contributed by atoms with Gasteiger partial charge < -0.3 is 14.8 Å². The Balaban J connectivity index is 2.18. The van der Waals surface area contributed by atoms with Crippen molar-refractivity contribution in [1.29, 1.82) is 0 Å². The van der Waals surface area contributed by atoms with E-state index in [1.807, 2.05) is 0 Å². The molecule has 0 aromatic heterocycles. The Morgan fingerprint density at radius 3 is 2.38 bits per heavy atom. The largest absolute Gasteiger partial charge is 0.493 e. The van der Waals surface area contributed by atoms with E-state index in [1.165, 1.54) is 38.5 Å². The van der Waals surface area contributed by atoms with Crippen molar-refractivity contribution in [3.05, 3.63) is 64.8 Å². The highest BCUT2D eigenvalue weighted by Crippen LogP contribution is 2.36. The summed E-state index contributed by atoms with van der Waals surface area (Å²) in [7, 11) is 2.90. The molecule has 0 unspecified atom stereocenters. The summed E-state index contributed by atoms with van der Waals surface area (Å²) in [4.78, 5) is 12.2. The number of benzene rings is 2. The second kappa shape index (κ2) is 8.14. The Labute approximate surface area is 153 Å². The first kappa shape index (κ1) is 19.7. The van der Waals surface area contributed by atoms with E-state index in [2.05, 4.69) is 5.32 Å². The fraction of sp³-hybridized carbons (Fsp3) is 0.167.